The van der Waals surface area contributed by atoms with E-state index < -0.39 is 0 Å². The maximum Gasteiger partial charge on any atom is 0.196 e. The van der Waals surface area contributed by atoms with Crippen molar-refractivity contribution in [2.24, 2.45) is 5.73 Å². The van der Waals surface area contributed by atoms with Gasteiger partial charge in [0, 0.05) is 11.4 Å². The summed E-state index contributed by atoms with van der Waals surface area (Å²) in [6, 6.07) is 3.71. The van der Waals surface area contributed by atoms with Gasteiger partial charge in [0.15, 0.2) is 11.6 Å². The maximum absolute atomic E-state index is 5.53. The van der Waals surface area contributed by atoms with Crippen molar-refractivity contribution in [1.29, 1.82) is 0 Å². The minimum atomic E-state index is 0.654. The number of hydrogen-bond donors (Lipinski definition) is 1. The van der Waals surface area contributed by atoms with E-state index in [9.17, 15) is 0 Å². The van der Waals surface area contributed by atoms with Gasteiger partial charge in [0.2, 0.25) is 0 Å². The van der Waals surface area contributed by atoms with Crippen molar-refractivity contribution in [2.75, 3.05) is 6.54 Å². The van der Waals surface area contributed by atoms with Crippen LogP contribution in [0.3, 0.4) is 0 Å². The molecule has 0 saturated carbocycles. The second kappa shape index (κ2) is 5.10. The summed E-state index contributed by atoms with van der Waals surface area (Å²) >= 11 is 0. The molecule has 2 rings (SSSR count). The molecule has 0 spiro atoms. The zero-order valence-electron chi connectivity index (χ0n) is 10.2. The zero-order valence-corrected chi connectivity index (χ0v) is 10.2. The van der Waals surface area contributed by atoms with Crippen LogP contribution in [0.1, 0.15) is 23.4 Å². The van der Waals surface area contributed by atoms with E-state index in [4.69, 9.17) is 10.2 Å². The quantitative estimate of drug-likeness (QED) is 0.876. The van der Waals surface area contributed by atoms with Crippen LogP contribution >= 0.6 is 0 Å². The monoisotopic (exact) mass is 231 g/mol. The van der Waals surface area contributed by atoms with Crippen molar-refractivity contribution < 1.29 is 4.42 Å². The molecular weight excluding hydrogens is 214 g/mol. The number of aromatic nitrogens is 2. The Morgan fingerprint density at radius 1 is 1.24 bits per heavy atom. The van der Waals surface area contributed by atoms with Gasteiger partial charge in [-0.3, -0.25) is 0 Å². The molecule has 0 unspecified atom stereocenters. The fourth-order valence-corrected chi connectivity index (χ4v) is 1.90. The highest BCUT2D eigenvalue weighted by molar-refractivity contribution is 5.47. The summed E-state index contributed by atoms with van der Waals surface area (Å²) in [6.07, 6.45) is 3.53. The minimum absolute atomic E-state index is 0.654. The maximum atomic E-state index is 5.53. The van der Waals surface area contributed by atoms with Crippen LogP contribution in [0.2, 0.25) is 0 Å². The van der Waals surface area contributed by atoms with Gasteiger partial charge in [0.1, 0.15) is 0 Å². The van der Waals surface area contributed by atoms with Gasteiger partial charge in [0.05, 0.1) is 6.26 Å². The fraction of sp³-hybridized carbons (Fsp3) is 0.385. The SMILES string of the molecule is Cc1nc(-c2ccco2)nc(C)c1CCCN. The predicted octanol–water partition coefficient (Wildman–Crippen LogP) is 2.24. The van der Waals surface area contributed by atoms with E-state index in [1.807, 2.05) is 26.0 Å². The van der Waals surface area contributed by atoms with Gasteiger partial charge in [-0.15, -0.1) is 0 Å². The van der Waals surface area contributed by atoms with E-state index in [0.717, 1.165) is 24.2 Å². The summed E-state index contributed by atoms with van der Waals surface area (Å²) in [5, 5.41) is 0. The first-order valence-electron chi connectivity index (χ1n) is 5.80. The number of hydrogen-bond acceptors (Lipinski definition) is 4. The van der Waals surface area contributed by atoms with Crippen molar-refractivity contribution in [3.63, 3.8) is 0 Å². The summed E-state index contributed by atoms with van der Waals surface area (Å²) < 4.78 is 5.31. The van der Waals surface area contributed by atoms with Crippen LogP contribution in [0.15, 0.2) is 22.8 Å². The molecule has 0 radical (unpaired) electrons. The Morgan fingerprint density at radius 2 is 1.94 bits per heavy atom. The third kappa shape index (κ3) is 2.53. The van der Waals surface area contributed by atoms with Gasteiger partial charge >= 0.3 is 0 Å². The second-order valence-electron chi connectivity index (χ2n) is 4.07. The molecule has 0 fully saturated rings. The molecular formula is C13H17N3O. The molecule has 90 valence electrons. The third-order valence-corrected chi connectivity index (χ3v) is 2.79. The Hall–Kier alpha value is -1.68. The lowest BCUT2D eigenvalue weighted by Crippen LogP contribution is -2.06. The molecule has 0 atom stereocenters. The average Bonchev–Trinajstić information content (AvgIpc) is 2.81. The van der Waals surface area contributed by atoms with Gasteiger partial charge in [0.25, 0.3) is 0 Å². The van der Waals surface area contributed by atoms with Gasteiger partial charge in [-0.25, -0.2) is 9.97 Å². The second-order valence-corrected chi connectivity index (χ2v) is 4.07. The lowest BCUT2D eigenvalue weighted by molar-refractivity contribution is 0.576. The molecule has 2 aromatic heterocycles. The highest BCUT2D eigenvalue weighted by atomic mass is 16.3. The van der Waals surface area contributed by atoms with Gasteiger partial charge < -0.3 is 10.2 Å². The Bertz CT molecular complexity index is 468. The average molecular weight is 231 g/mol. The Kier molecular flexibility index (Phi) is 3.54. The van der Waals surface area contributed by atoms with E-state index in [-0.39, 0.29) is 0 Å². The molecule has 4 heteroatoms. The summed E-state index contributed by atoms with van der Waals surface area (Å²) in [6.45, 7) is 4.71. The van der Waals surface area contributed by atoms with Crippen LogP contribution in [-0.2, 0) is 6.42 Å². The number of nitrogens with zero attached hydrogens (tertiary/aromatic N) is 2. The van der Waals surface area contributed by atoms with Gasteiger partial charge in [-0.2, -0.15) is 0 Å². The summed E-state index contributed by atoms with van der Waals surface area (Å²) in [5.74, 6) is 1.36. The lowest BCUT2D eigenvalue weighted by atomic mass is 10.1. The molecule has 4 nitrogen and oxygen atoms in total. The van der Waals surface area contributed by atoms with Crippen molar-refractivity contribution >= 4 is 0 Å². The molecule has 0 amide bonds. The Balaban J connectivity index is 2.35. The molecule has 0 saturated heterocycles. The minimum Gasteiger partial charge on any atom is -0.461 e. The Labute approximate surface area is 101 Å². The molecule has 0 aliphatic heterocycles. The summed E-state index contributed by atoms with van der Waals surface area (Å²) in [7, 11) is 0. The lowest BCUT2D eigenvalue weighted by Gasteiger charge is -2.09. The highest BCUT2D eigenvalue weighted by Gasteiger charge is 2.10. The van der Waals surface area contributed by atoms with Crippen LogP contribution in [0.5, 0.6) is 0 Å². The third-order valence-electron chi connectivity index (χ3n) is 2.79. The first-order chi connectivity index (χ1) is 8.22. The summed E-state index contributed by atoms with van der Waals surface area (Å²) in [4.78, 5) is 8.97. The summed E-state index contributed by atoms with van der Waals surface area (Å²) in [5.41, 5.74) is 8.75. The molecule has 0 aliphatic rings. The molecule has 2 heterocycles. The number of nitrogens with two attached hydrogens (primary N) is 1. The highest BCUT2D eigenvalue weighted by Crippen LogP contribution is 2.19. The zero-order chi connectivity index (χ0) is 12.3. The van der Waals surface area contributed by atoms with Crippen molar-refractivity contribution in [2.45, 2.75) is 26.7 Å². The molecule has 0 aromatic carbocycles. The fourth-order valence-electron chi connectivity index (χ4n) is 1.90. The largest absolute Gasteiger partial charge is 0.461 e. The normalized spacial score (nSPS) is 10.8. The molecule has 2 N–H and O–H groups in total. The van der Waals surface area contributed by atoms with E-state index in [0.29, 0.717) is 18.1 Å². The number of aryl methyl sites for hydroxylation is 2. The van der Waals surface area contributed by atoms with E-state index >= 15 is 0 Å². The van der Waals surface area contributed by atoms with Crippen LogP contribution in [0, 0.1) is 13.8 Å². The van der Waals surface area contributed by atoms with E-state index in [1.165, 1.54) is 5.56 Å². The Morgan fingerprint density at radius 3 is 2.47 bits per heavy atom. The smallest absolute Gasteiger partial charge is 0.196 e. The van der Waals surface area contributed by atoms with E-state index in [1.54, 1.807) is 6.26 Å². The number of rotatable bonds is 4. The first kappa shape index (κ1) is 11.8. The standard InChI is InChI=1S/C13H17N3O/c1-9-11(5-3-7-14)10(2)16-13(15-9)12-6-4-8-17-12/h4,6,8H,3,5,7,14H2,1-2H3. The molecule has 2 aromatic rings. The van der Waals surface area contributed by atoms with Crippen LogP contribution in [-0.4, -0.2) is 16.5 Å². The van der Waals surface area contributed by atoms with Crippen molar-refractivity contribution in [3.8, 4) is 11.6 Å². The van der Waals surface area contributed by atoms with Gasteiger partial charge in [-0.1, -0.05) is 0 Å². The predicted molar refractivity (Wildman–Crippen MR) is 66.6 cm³/mol. The molecule has 17 heavy (non-hydrogen) atoms. The van der Waals surface area contributed by atoms with Crippen molar-refractivity contribution in [1.82, 2.24) is 9.97 Å². The van der Waals surface area contributed by atoms with Gasteiger partial charge in [-0.05, 0) is 50.9 Å². The first-order valence-corrected chi connectivity index (χ1v) is 5.80. The van der Waals surface area contributed by atoms with E-state index in [2.05, 4.69) is 9.97 Å². The van der Waals surface area contributed by atoms with Crippen molar-refractivity contribution in [3.05, 3.63) is 35.3 Å². The van der Waals surface area contributed by atoms with Crippen LogP contribution in [0.4, 0.5) is 0 Å². The topological polar surface area (TPSA) is 64.9 Å². The molecule has 0 bridgehead atoms. The molecule has 0 aliphatic carbocycles. The number of furan rings is 1. The van der Waals surface area contributed by atoms with Crippen LogP contribution in [0.25, 0.3) is 11.6 Å². The van der Waals surface area contributed by atoms with Crippen LogP contribution < -0.4 is 5.73 Å².